The van der Waals surface area contributed by atoms with Gasteiger partial charge in [-0.15, -0.1) is 0 Å². The predicted molar refractivity (Wildman–Crippen MR) is 93.1 cm³/mol. The van der Waals surface area contributed by atoms with E-state index in [1.54, 1.807) is 0 Å². The first-order valence-corrected chi connectivity index (χ1v) is 8.62. The third kappa shape index (κ3) is 3.84. The molecule has 0 unspecified atom stereocenters. The Kier molecular flexibility index (Phi) is 6.07. The molecule has 108 valence electrons. The normalized spacial score (nSPS) is 10.9. The van der Waals surface area contributed by atoms with E-state index in [0.717, 1.165) is 19.4 Å². The summed E-state index contributed by atoms with van der Waals surface area (Å²) in [7, 11) is 0. The van der Waals surface area contributed by atoms with Crippen molar-refractivity contribution in [1.82, 2.24) is 9.78 Å². The third-order valence-corrected chi connectivity index (χ3v) is 4.90. The molecule has 0 aliphatic heterocycles. The van der Waals surface area contributed by atoms with Crippen LogP contribution in [0.4, 0.5) is 0 Å². The Labute approximate surface area is 135 Å². The van der Waals surface area contributed by atoms with E-state index in [-0.39, 0.29) is 0 Å². The van der Waals surface area contributed by atoms with E-state index < -0.39 is 0 Å². The molecule has 1 aromatic carbocycles. The molecule has 3 heteroatoms. The second-order valence-corrected chi connectivity index (χ2v) is 6.16. The van der Waals surface area contributed by atoms with Crippen molar-refractivity contribution in [2.75, 3.05) is 0 Å². The number of rotatable bonds is 7. The van der Waals surface area contributed by atoms with Crippen molar-refractivity contribution in [3.8, 4) is 0 Å². The van der Waals surface area contributed by atoms with Crippen LogP contribution in [0.1, 0.15) is 43.6 Å². The predicted octanol–water partition coefficient (Wildman–Crippen LogP) is 4.64. The summed E-state index contributed by atoms with van der Waals surface area (Å²) in [5, 5.41) is 4.75. The minimum Gasteiger partial charge on any atom is -0.268 e. The molecule has 0 amide bonds. The van der Waals surface area contributed by atoms with Crippen LogP contribution in [0.15, 0.2) is 30.3 Å². The minimum atomic E-state index is 1.03. The van der Waals surface area contributed by atoms with E-state index in [4.69, 9.17) is 5.10 Å². The van der Waals surface area contributed by atoms with E-state index in [1.165, 1.54) is 39.8 Å². The number of unbranched alkanes of at least 4 members (excludes halogenated alkanes) is 1. The summed E-state index contributed by atoms with van der Waals surface area (Å²) >= 11 is 2.45. The molecule has 2 aromatic rings. The fourth-order valence-electron chi connectivity index (χ4n) is 2.51. The monoisotopic (exact) mass is 382 g/mol. The SMILES string of the molecule is CCc1nn(CCCCc2ccccc2)c(CC)c1I. The largest absolute Gasteiger partial charge is 0.268 e. The summed E-state index contributed by atoms with van der Waals surface area (Å²) in [5.74, 6) is 0. The molecular formula is C17H23IN2. The molecule has 0 saturated carbocycles. The van der Waals surface area contributed by atoms with Crippen LogP contribution in [-0.2, 0) is 25.8 Å². The quantitative estimate of drug-likeness (QED) is 0.504. The number of aryl methyl sites for hydroxylation is 3. The van der Waals surface area contributed by atoms with Crippen molar-refractivity contribution in [2.45, 2.75) is 52.5 Å². The maximum Gasteiger partial charge on any atom is 0.0758 e. The number of aromatic nitrogens is 2. The standard InChI is InChI=1S/C17H23IN2/c1-3-15-17(18)16(4-2)20(19-15)13-9-8-12-14-10-6-5-7-11-14/h5-7,10-11H,3-4,8-9,12-13H2,1-2H3. The van der Waals surface area contributed by atoms with Gasteiger partial charge in [0, 0.05) is 6.54 Å². The van der Waals surface area contributed by atoms with Gasteiger partial charge in [0.05, 0.1) is 15.0 Å². The first-order chi connectivity index (χ1) is 9.76. The molecule has 0 fully saturated rings. The Morgan fingerprint density at radius 3 is 2.45 bits per heavy atom. The molecule has 0 saturated heterocycles. The van der Waals surface area contributed by atoms with Crippen molar-refractivity contribution in [3.05, 3.63) is 50.9 Å². The third-order valence-electron chi connectivity index (χ3n) is 3.66. The Balaban J connectivity index is 1.88. The zero-order valence-corrected chi connectivity index (χ0v) is 14.6. The van der Waals surface area contributed by atoms with E-state index in [9.17, 15) is 0 Å². The van der Waals surface area contributed by atoms with Crippen LogP contribution in [0.5, 0.6) is 0 Å². The highest BCUT2D eigenvalue weighted by molar-refractivity contribution is 14.1. The van der Waals surface area contributed by atoms with E-state index >= 15 is 0 Å². The zero-order valence-electron chi connectivity index (χ0n) is 12.4. The topological polar surface area (TPSA) is 17.8 Å². The summed E-state index contributed by atoms with van der Waals surface area (Å²) in [6.07, 6.45) is 5.70. The van der Waals surface area contributed by atoms with Gasteiger partial charge in [-0.25, -0.2) is 0 Å². The zero-order chi connectivity index (χ0) is 14.4. The van der Waals surface area contributed by atoms with Gasteiger partial charge in [0.15, 0.2) is 0 Å². The summed E-state index contributed by atoms with van der Waals surface area (Å²) < 4.78 is 3.60. The smallest absolute Gasteiger partial charge is 0.0758 e. The fraction of sp³-hybridized carbons (Fsp3) is 0.471. The molecule has 1 heterocycles. The van der Waals surface area contributed by atoms with Crippen molar-refractivity contribution in [3.63, 3.8) is 0 Å². The molecule has 20 heavy (non-hydrogen) atoms. The molecule has 0 aliphatic rings. The Hall–Kier alpha value is -0.840. The maximum absolute atomic E-state index is 4.75. The number of hydrogen-bond donors (Lipinski definition) is 0. The summed E-state index contributed by atoms with van der Waals surface area (Å²) in [6, 6.07) is 10.7. The van der Waals surface area contributed by atoms with E-state index in [1.807, 2.05) is 0 Å². The summed E-state index contributed by atoms with van der Waals surface area (Å²) in [4.78, 5) is 0. The maximum atomic E-state index is 4.75. The highest BCUT2D eigenvalue weighted by Gasteiger charge is 2.12. The van der Waals surface area contributed by atoms with Gasteiger partial charge in [0.1, 0.15) is 0 Å². The molecule has 2 rings (SSSR count). The number of halogens is 1. The van der Waals surface area contributed by atoms with Crippen LogP contribution < -0.4 is 0 Å². The van der Waals surface area contributed by atoms with Crippen molar-refractivity contribution >= 4 is 22.6 Å². The minimum absolute atomic E-state index is 1.03. The molecule has 1 aromatic heterocycles. The second kappa shape index (κ2) is 7.81. The van der Waals surface area contributed by atoms with Crippen LogP contribution in [0.2, 0.25) is 0 Å². The van der Waals surface area contributed by atoms with Gasteiger partial charge < -0.3 is 0 Å². The van der Waals surface area contributed by atoms with Crippen molar-refractivity contribution in [2.24, 2.45) is 0 Å². The first-order valence-electron chi connectivity index (χ1n) is 7.54. The lowest BCUT2D eigenvalue weighted by atomic mass is 10.1. The van der Waals surface area contributed by atoms with Crippen molar-refractivity contribution in [1.29, 1.82) is 0 Å². The average Bonchev–Trinajstić information content (AvgIpc) is 2.80. The lowest BCUT2D eigenvalue weighted by molar-refractivity contribution is 0.535. The number of hydrogen-bond acceptors (Lipinski definition) is 1. The highest BCUT2D eigenvalue weighted by atomic mass is 127. The molecule has 0 atom stereocenters. The molecule has 2 nitrogen and oxygen atoms in total. The summed E-state index contributed by atoms with van der Waals surface area (Å²) in [6.45, 7) is 5.45. The molecular weight excluding hydrogens is 359 g/mol. The Morgan fingerprint density at radius 2 is 1.80 bits per heavy atom. The van der Waals surface area contributed by atoms with Crippen LogP contribution in [0.25, 0.3) is 0 Å². The van der Waals surface area contributed by atoms with Gasteiger partial charge in [-0.2, -0.15) is 5.10 Å². The number of nitrogens with zero attached hydrogens (tertiary/aromatic N) is 2. The second-order valence-electron chi connectivity index (χ2n) is 5.08. The van der Waals surface area contributed by atoms with Gasteiger partial charge in [0.25, 0.3) is 0 Å². The van der Waals surface area contributed by atoms with Gasteiger partial charge in [-0.05, 0) is 60.3 Å². The van der Waals surface area contributed by atoms with Crippen LogP contribution in [0.3, 0.4) is 0 Å². The molecule has 0 aliphatic carbocycles. The van der Waals surface area contributed by atoms with Gasteiger partial charge >= 0.3 is 0 Å². The molecule has 0 N–H and O–H groups in total. The Bertz CT molecular complexity index is 531. The summed E-state index contributed by atoms with van der Waals surface area (Å²) in [5.41, 5.74) is 4.10. The lowest BCUT2D eigenvalue weighted by Crippen LogP contribution is -2.05. The van der Waals surface area contributed by atoms with Crippen LogP contribution in [0, 0.1) is 3.57 Å². The highest BCUT2D eigenvalue weighted by Crippen LogP contribution is 2.19. The average molecular weight is 382 g/mol. The fourth-order valence-corrected chi connectivity index (χ4v) is 3.66. The lowest BCUT2D eigenvalue weighted by Gasteiger charge is -2.06. The van der Waals surface area contributed by atoms with Crippen molar-refractivity contribution < 1.29 is 0 Å². The van der Waals surface area contributed by atoms with E-state index in [2.05, 4.69) is 71.5 Å². The van der Waals surface area contributed by atoms with Crippen LogP contribution >= 0.6 is 22.6 Å². The van der Waals surface area contributed by atoms with E-state index in [0.29, 0.717) is 0 Å². The van der Waals surface area contributed by atoms with Gasteiger partial charge in [0.2, 0.25) is 0 Å². The molecule has 0 bridgehead atoms. The Morgan fingerprint density at radius 1 is 1.05 bits per heavy atom. The van der Waals surface area contributed by atoms with Crippen LogP contribution in [-0.4, -0.2) is 9.78 Å². The first kappa shape index (κ1) is 15.5. The molecule has 0 radical (unpaired) electrons. The van der Waals surface area contributed by atoms with Gasteiger partial charge in [-0.3, -0.25) is 4.68 Å². The van der Waals surface area contributed by atoms with Gasteiger partial charge in [-0.1, -0.05) is 44.2 Å². The number of benzene rings is 1. The molecule has 0 spiro atoms.